The first-order chi connectivity index (χ1) is 8.99. The van der Waals surface area contributed by atoms with Crippen LogP contribution in [0.3, 0.4) is 0 Å². The van der Waals surface area contributed by atoms with Gasteiger partial charge in [0.15, 0.2) is 0 Å². The summed E-state index contributed by atoms with van der Waals surface area (Å²) in [5, 5.41) is 3.36. The summed E-state index contributed by atoms with van der Waals surface area (Å²) in [6, 6.07) is 7.94. The fourth-order valence-corrected chi connectivity index (χ4v) is 2.21. The number of carbonyl (C=O) groups is 1. The minimum Gasteiger partial charge on any atom is -0.468 e. The molecule has 0 fully saturated rings. The Kier molecular flexibility index (Phi) is 6.52. The summed E-state index contributed by atoms with van der Waals surface area (Å²) >= 11 is 3.42. The van der Waals surface area contributed by atoms with Gasteiger partial charge in [-0.25, -0.2) is 0 Å². The fraction of sp³-hybridized carbons (Fsp3) is 0.533. The molecule has 0 aromatic heterocycles. The van der Waals surface area contributed by atoms with Crippen LogP contribution >= 0.6 is 15.9 Å². The Morgan fingerprint density at radius 3 is 2.37 bits per heavy atom. The molecular formula is C15H22BrNO2. The van der Waals surface area contributed by atoms with Gasteiger partial charge < -0.3 is 4.74 Å². The van der Waals surface area contributed by atoms with Crippen molar-refractivity contribution in [2.24, 2.45) is 5.92 Å². The number of hydrogen-bond donors (Lipinski definition) is 1. The first-order valence-corrected chi connectivity index (χ1v) is 7.38. The summed E-state index contributed by atoms with van der Waals surface area (Å²) in [7, 11) is 1.43. The van der Waals surface area contributed by atoms with Gasteiger partial charge in [-0.05, 0) is 30.5 Å². The van der Waals surface area contributed by atoms with Gasteiger partial charge >= 0.3 is 5.97 Å². The average Bonchev–Trinajstić information content (AvgIpc) is 2.43. The van der Waals surface area contributed by atoms with Crippen LogP contribution in [-0.2, 0) is 9.53 Å². The molecule has 1 aromatic rings. The maximum absolute atomic E-state index is 11.8. The van der Waals surface area contributed by atoms with E-state index in [1.165, 1.54) is 7.11 Å². The van der Waals surface area contributed by atoms with Crippen molar-refractivity contribution in [3.8, 4) is 0 Å². The third kappa shape index (κ3) is 4.62. The molecule has 0 amide bonds. The normalized spacial score (nSPS) is 15.6. The maximum atomic E-state index is 11.8. The highest BCUT2D eigenvalue weighted by Gasteiger charge is 2.26. The number of esters is 1. The molecule has 0 aliphatic carbocycles. The summed E-state index contributed by atoms with van der Waals surface area (Å²) in [5.41, 5.74) is 1.15. The Bertz CT molecular complexity index is 405. The number of halogens is 1. The van der Waals surface area contributed by atoms with E-state index in [0.29, 0.717) is 0 Å². The number of nitrogens with one attached hydrogen (secondary N) is 1. The lowest BCUT2D eigenvalue weighted by Crippen LogP contribution is -2.43. The molecule has 1 N–H and O–H groups in total. The highest BCUT2D eigenvalue weighted by molar-refractivity contribution is 9.10. The van der Waals surface area contributed by atoms with Crippen molar-refractivity contribution in [3.63, 3.8) is 0 Å². The lowest BCUT2D eigenvalue weighted by atomic mass is 9.97. The molecule has 0 aliphatic heterocycles. The van der Waals surface area contributed by atoms with Crippen LogP contribution in [0.15, 0.2) is 28.7 Å². The van der Waals surface area contributed by atoms with Gasteiger partial charge in [0.05, 0.1) is 7.11 Å². The fourth-order valence-electron chi connectivity index (χ4n) is 1.94. The molecule has 0 heterocycles. The molecule has 4 heteroatoms. The van der Waals surface area contributed by atoms with Crippen LogP contribution in [0.2, 0.25) is 0 Å². The van der Waals surface area contributed by atoms with Crippen LogP contribution in [0.25, 0.3) is 0 Å². The summed E-state index contributed by atoms with van der Waals surface area (Å²) in [5.74, 6) is 0.0451. The van der Waals surface area contributed by atoms with E-state index in [-0.39, 0.29) is 24.0 Å². The predicted molar refractivity (Wildman–Crippen MR) is 81.0 cm³/mol. The average molecular weight is 328 g/mol. The van der Waals surface area contributed by atoms with Crippen LogP contribution < -0.4 is 5.32 Å². The molecular weight excluding hydrogens is 306 g/mol. The zero-order valence-corrected chi connectivity index (χ0v) is 13.5. The van der Waals surface area contributed by atoms with Crippen molar-refractivity contribution < 1.29 is 9.53 Å². The second-order valence-corrected chi connectivity index (χ2v) is 5.74. The first-order valence-electron chi connectivity index (χ1n) is 6.58. The van der Waals surface area contributed by atoms with E-state index in [9.17, 15) is 4.79 Å². The van der Waals surface area contributed by atoms with E-state index in [4.69, 9.17) is 4.74 Å². The molecule has 3 nitrogen and oxygen atoms in total. The largest absolute Gasteiger partial charge is 0.468 e. The second kappa shape index (κ2) is 7.65. The topological polar surface area (TPSA) is 38.3 Å². The van der Waals surface area contributed by atoms with Gasteiger partial charge in [0, 0.05) is 10.5 Å². The number of ether oxygens (including phenoxy) is 1. The molecule has 0 radical (unpaired) electrons. The molecule has 106 valence electrons. The lowest BCUT2D eigenvalue weighted by Gasteiger charge is -2.26. The molecule has 1 rings (SSSR count). The quantitative estimate of drug-likeness (QED) is 0.810. The van der Waals surface area contributed by atoms with Gasteiger partial charge in [0.25, 0.3) is 0 Å². The Hall–Kier alpha value is -0.870. The Labute approximate surface area is 123 Å². The minimum absolute atomic E-state index is 0.103. The van der Waals surface area contributed by atoms with Crippen molar-refractivity contribution >= 4 is 21.9 Å². The predicted octanol–water partition coefficient (Wildman–Crippen LogP) is 3.69. The highest BCUT2D eigenvalue weighted by Crippen LogP contribution is 2.19. The molecule has 19 heavy (non-hydrogen) atoms. The van der Waals surface area contributed by atoms with Crippen molar-refractivity contribution in [1.29, 1.82) is 0 Å². The second-order valence-electron chi connectivity index (χ2n) is 4.83. The van der Waals surface area contributed by atoms with Gasteiger partial charge in [-0.1, -0.05) is 48.3 Å². The van der Waals surface area contributed by atoms with Gasteiger partial charge in [-0.2, -0.15) is 0 Å². The summed E-state index contributed by atoms with van der Waals surface area (Å²) in [4.78, 5) is 11.8. The van der Waals surface area contributed by atoms with E-state index in [2.05, 4.69) is 42.0 Å². The Balaban J connectivity index is 2.78. The highest BCUT2D eigenvalue weighted by atomic mass is 79.9. The van der Waals surface area contributed by atoms with E-state index < -0.39 is 0 Å². The number of rotatable bonds is 6. The van der Waals surface area contributed by atoms with Crippen LogP contribution in [0.5, 0.6) is 0 Å². The molecule has 0 saturated heterocycles. The van der Waals surface area contributed by atoms with Crippen LogP contribution in [-0.4, -0.2) is 19.1 Å². The molecule has 0 aliphatic rings. The van der Waals surface area contributed by atoms with Crippen molar-refractivity contribution in [1.82, 2.24) is 5.32 Å². The summed E-state index contributed by atoms with van der Waals surface area (Å²) in [6.07, 6.45) is 0.930. The van der Waals surface area contributed by atoms with Crippen molar-refractivity contribution in [3.05, 3.63) is 34.3 Å². The van der Waals surface area contributed by atoms with Gasteiger partial charge in [0.2, 0.25) is 0 Å². The monoisotopic (exact) mass is 327 g/mol. The number of methoxy groups -OCH3 is 1. The SMILES string of the molecule is CCC(C)C(NC(C)c1ccc(Br)cc1)C(=O)OC. The number of hydrogen-bond acceptors (Lipinski definition) is 3. The van der Waals surface area contributed by atoms with Crippen molar-refractivity contribution in [2.45, 2.75) is 39.3 Å². The summed E-state index contributed by atoms with van der Waals surface area (Å²) in [6.45, 7) is 6.19. The maximum Gasteiger partial charge on any atom is 0.323 e. The third-order valence-corrected chi connectivity index (χ3v) is 4.00. The summed E-state index contributed by atoms with van der Waals surface area (Å²) < 4.78 is 5.93. The molecule has 0 bridgehead atoms. The molecule has 3 atom stereocenters. The van der Waals surface area contributed by atoms with Crippen LogP contribution in [0.4, 0.5) is 0 Å². The molecule has 0 spiro atoms. The van der Waals surface area contributed by atoms with Crippen LogP contribution in [0.1, 0.15) is 38.8 Å². The van der Waals surface area contributed by atoms with E-state index in [0.717, 1.165) is 16.5 Å². The van der Waals surface area contributed by atoms with Gasteiger partial charge in [-0.15, -0.1) is 0 Å². The Morgan fingerprint density at radius 1 is 1.32 bits per heavy atom. The molecule has 1 aromatic carbocycles. The van der Waals surface area contributed by atoms with E-state index in [1.807, 2.05) is 24.3 Å². The molecule has 3 unspecified atom stereocenters. The third-order valence-electron chi connectivity index (χ3n) is 3.47. The van der Waals surface area contributed by atoms with Gasteiger partial charge in [0.1, 0.15) is 6.04 Å². The molecule has 0 saturated carbocycles. The smallest absolute Gasteiger partial charge is 0.323 e. The minimum atomic E-state index is -0.270. The Morgan fingerprint density at radius 2 is 1.89 bits per heavy atom. The van der Waals surface area contributed by atoms with E-state index >= 15 is 0 Å². The van der Waals surface area contributed by atoms with Gasteiger partial charge in [-0.3, -0.25) is 10.1 Å². The standard InChI is InChI=1S/C15H22BrNO2/c1-5-10(2)14(15(18)19-4)17-11(3)12-6-8-13(16)9-7-12/h6-11,14,17H,5H2,1-4H3. The van der Waals surface area contributed by atoms with Crippen LogP contribution in [0, 0.1) is 5.92 Å². The number of carbonyl (C=O) groups excluding carboxylic acids is 1. The van der Waals surface area contributed by atoms with Crippen molar-refractivity contribution in [2.75, 3.05) is 7.11 Å². The van der Waals surface area contributed by atoms with E-state index in [1.54, 1.807) is 0 Å². The zero-order chi connectivity index (χ0) is 14.4. The lowest BCUT2D eigenvalue weighted by molar-refractivity contribution is -0.144. The number of benzene rings is 1. The zero-order valence-electron chi connectivity index (χ0n) is 11.9. The first kappa shape index (κ1) is 16.2.